The zero-order chi connectivity index (χ0) is 11.8. The number of carbonyl (C=O) groups is 1. The van der Waals surface area contributed by atoms with Crippen LogP contribution in [0, 0.1) is 5.92 Å². The number of amides is 1. The van der Waals surface area contributed by atoms with Crippen LogP contribution in [-0.4, -0.2) is 18.5 Å². The molecular weight excluding hydrogens is 200 g/mol. The van der Waals surface area contributed by atoms with E-state index in [1.807, 2.05) is 0 Å². The van der Waals surface area contributed by atoms with Crippen LogP contribution in [0.5, 0.6) is 0 Å². The fraction of sp³-hybridized carbons (Fsp3) is 0.923. The van der Waals surface area contributed by atoms with Gasteiger partial charge in [0.15, 0.2) is 0 Å². The van der Waals surface area contributed by atoms with Crippen LogP contribution in [0.1, 0.15) is 58.3 Å². The molecule has 1 rings (SSSR count). The quantitative estimate of drug-likeness (QED) is 0.654. The monoisotopic (exact) mass is 226 g/mol. The van der Waals surface area contributed by atoms with Crippen LogP contribution in [0.15, 0.2) is 0 Å². The van der Waals surface area contributed by atoms with Crippen molar-refractivity contribution in [2.45, 2.75) is 64.3 Å². The number of unbranched alkanes of at least 4 members (excludes halogenated alkanes) is 3. The van der Waals surface area contributed by atoms with Gasteiger partial charge in [0.1, 0.15) is 0 Å². The highest BCUT2D eigenvalue weighted by atomic mass is 16.1. The van der Waals surface area contributed by atoms with Crippen LogP contribution in [-0.2, 0) is 4.79 Å². The first kappa shape index (κ1) is 13.5. The second-order valence-corrected chi connectivity index (χ2v) is 4.97. The minimum atomic E-state index is 0.204. The summed E-state index contributed by atoms with van der Waals surface area (Å²) < 4.78 is 0. The van der Waals surface area contributed by atoms with Crippen molar-refractivity contribution in [3.8, 4) is 0 Å². The molecule has 3 N–H and O–H groups in total. The van der Waals surface area contributed by atoms with E-state index in [2.05, 4.69) is 12.2 Å². The van der Waals surface area contributed by atoms with E-state index in [1.54, 1.807) is 0 Å². The van der Waals surface area contributed by atoms with Crippen LogP contribution in [0.25, 0.3) is 0 Å². The summed E-state index contributed by atoms with van der Waals surface area (Å²) in [5.74, 6) is 0.717. The molecule has 2 unspecified atom stereocenters. The van der Waals surface area contributed by atoms with E-state index in [-0.39, 0.29) is 5.91 Å². The van der Waals surface area contributed by atoms with E-state index >= 15 is 0 Å². The van der Waals surface area contributed by atoms with E-state index in [9.17, 15) is 4.79 Å². The van der Waals surface area contributed by atoms with Crippen molar-refractivity contribution in [1.82, 2.24) is 5.32 Å². The molecule has 0 aromatic heterocycles. The molecule has 0 aliphatic heterocycles. The second kappa shape index (κ2) is 7.66. The lowest BCUT2D eigenvalue weighted by molar-refractivity contribution is -0.121. The lowest BCUT2D eigenvalue weighted by Crippen LogP contribution is -2.35. The number of hydrogen-bond acceptors (Lipinski definition) is 2. The third kappa shape index (κ3) is 4.97. The Hall–Kier alpha value is -0.570. The molecule has 0 radical (unpaired) electrons. The minimum Gasteiger partial charge on any atom is -0.356 e. The summed E-state index contributed by atoms with van der Waals surface area (Å²) in [6.07, 6.45) is 8.86. The Bertz CT molecular complexity index is 206. The fourth-order valence-corrected chi connectivity index (χ4v) is 2.36. The van der Waals surface area contributed by atoms with Gasteiger partial charge in [0, 0.05) is 19.0 Å². The highest BCUT2D eigenvalue weighted by Gasteiger charge is 2.23. The summed E-state index contributed by atoms with van der Waals surface area (Å²) in [5, 5.41) is 3.01. The van der Waals surface area contributed by atoms with Gasteiger partial charge in [-0.05, 0) is 25.2 Å². The van der Waals surface area contributed by atoms with Crippen LogP contribution in [0.4, 0.5) is 0 Å². The summed E-state index contributed by atoms with van der Waals surface area (Å²) in [6.45, 7) is 2.97. The van der Waals surface area contributed by atoms with E-state index in [0.717, 1.165) is 19.4 Å². The number of carbonyl (C=O) groups excluding carboxylic acids is 1. The summed E-state index contributed by atoms with van der Waals surface area (Å²) in [4.78, 5) is 11.5. The predicted molar refractivity (Wildman–Crippen MR) is 67.1 cm³/mol. The van der Waals surface area contributed by atoms with Gasteiger partial charge in [0.05, 0.1) is 0 Å². The third-order valence-electron chi connectivity index (χ3n) is 3.54. The van der Waals surface area contributed by atoms with Crippen molar-refractivity contribution < 1.29 is 4.79 Å². The summed E-state index contributed by atoms with van der Waals surface area (Å²) in [7, 11) is 0. The molecule has 0 aromatic rings. The molecule has 2 atom stereocenters. The maximum absolute atomic E-state index is 11.5. The van der Waals surface area contributed by atoms with Crippen LogP contribution >= 0.6 is 0 Å². The Balaban J connectivity index is 2.01. The van der Waals surface area contributed by atoms with Gasteiger partial charge in [-0.25, -0.2) is 0 Å². The summed E-state index contributed by atoms with van der Waals surface area (Å²) in [6, 6.07) is 0.306. The Morgan fingerprint density at radius 2 is 2.12 bits per heavy atom. The average Bonchev–Trinajstić information content (AvgIpc) is 2.67. The van der Waals surface area contributed by atoms with Gasteiger partial charge >= 0.3 is 0 Å². The Labute approximate surface area is 99.2 Å². The van der Waals surface area contributed by atoms with E-state index in [0.29, 0.717) is 18.4 Å². The molecular formula is C13H26N2O. The SMILES string of the molecule is CCCCCCC(=O)NCC1CCCC1N. The van der Waals surface area contributed by atoms with Gasteiger partial charge in [-0.3, -0.25) is 4.79 Å². The molecule has 3 nitrogen and oxygen atoms in total. The molecule has 16 heavy (non-hydrogen) atoms. The maximum atomic E-state index is 11.5. The van der Waals surface area contributed by atoms with Crippen molar-refractivity contribution >= 4 is 5.91 Å². The van der Waals surface area contributed by atoms with Crippen molar-refractivity contribution in [3.63, 3.8) is 0 Å². The molecule has 1 saturated carbocycles. The zero-order valence-electron chi connectivity index (χ0n) is 10.5. The lowest BCUT2D eigenvalue weighted by atomic mass is 10.0. The molecule has 1 amide bonds. The normalized spacial score (nSPS) is 24.6. The average molecular weight is 226 g/mol. The number of nitrogens with two attached hydrogens (primary N) is 1. The van der Waals surface area contributed by atoms with Gasteiger partial charge in [0.25, 0.3) is 0 Å². The minimum absolute atomic E-state index is 0.204. The highest BCUT2D eigenvalue weighted by Crippen LogP contribution is 2.22. The molecule has 94 valence electrons. The van der Waals surface area contributed by atoms with Gasteiger partial charge in [-0.1, -0.05) is 32.6 Å². The van der Waals surface area contributed by atoms with Crippen molar-refractivity contribution in [2.24, 2.45) is 11.7 Å². The van der Waals surface area contributed by atoms with E-state index in [4.69, 9.17) is 5.73 Å². The number of nitrogens with one attached hydrogen (secondary N) is 1. The van der Waals surface area contributed by atoms with Gasteiger partial charge in [-0.2, -0.15) is 0 Å². The molecule has 1 aliphatic rings. The zero-order valence-corrected chi connectivity index (χ0v) is 10.5. The highest BCUT2D eigenvalue weighted by molar-refractivity contribution is 5.75. The maximum Gasteiger partial charge on any atom is 0.220 e. The first-order valence-corrected chi connectivity index (χ1v) is 6.76. The van der Waals surface area contributed by atoms with Gasteiger partial charge in [0.2, 0.25) is 5.91 Å². The predicted octanol–water partition coefficient (Wildman–Crippen LogP) is 2.20. The Morgan fingerprint density at radius 3 is 2.75 bits per heavy atom. The van der Waals surface area contributed by atoms with E-state index in [1.165, 1.54) is 32.1 Å². The molecule has 0 spiro atoms. The second-order valence-electron chi connectivity index (χ2n) is 4.97. The number of rotatable bonds is 7. The Morgan fingerprint density at radius 1 is 1.31 bits per heavy atom. The molecule has 1 aliphatic carbocycles. The largest absolute Gasteiger partial charge is 0.356 e. The fourth-order valence-electron chi connectivity index (χ4n) is 2.36. The molecule has 0 saturated heterocycles. The van der Waals surface area contributed by atoms with Crippen molar-refractivity contribution in [1.29, 1.82) is 0 Å². The first-order chi connectivity index (χ1) is 7.74. The van der Waals surface area contributed by atoms with Crippen molar-refractivity contribution in [2.75, 3.05) is 6.54 Å². The smallest absolute Gasteiger partial charge is 0.220 e. The van der Waals surface area contributed by atoms with Crippen LogP contribution in [0.2, 0.25) is 0 Å². The van der Waals surface area contributed by atoms with Crippen LogP contribution < -0.4 is 11.1 Å². The van der Waals surface area contributed by atoms with Crippen molar-refractivity contribution in [3.05, 3.63) is 0 Å². The van der Waals surface area contributed by atoms with Gasteiger partial charge < -0.3 is 11.1 Å². The topological polar surface area (TPSA) is 55.1 Å². The summed E-state index contributed by atoms with van der Waals surface area (Å²) >= 11 is 0. The summed E-state index contributed by atoms with van der Waals surface area (Å²) in [5.41, 5.74) is 5.95. The van der Waals surface area contributed by atoms with Gasteiger partial charge in [-0.15, -0.1) is 0 Å². The molecule has 0 bridgehead atoms. The van der Waals surface area contributed by atoms with E-state index < -0.39 is 0 Å². The molecule has 0 aromatic carbocycles. The molecule has 1 fully saturated rings. The Kier molecular flexibility index (Phi) is 6.46. The third-order valence-corrected chi connectivity index (χ3v) is 3.54. The van der Waals surface area contributed by atoms with Crippen LogP contribution in [0.3, 0.4) is 0 Å². The number of hydrogen-bond donors (Lipinski definition) is 2. The lowest BCUT2D eigenvalue weighted by Gasteiger charge is -2.15. The molecule has 0 heterocycles. The standard InChI is InChI=1S/C13H26N2O/c1-2-3-4-5-9-13(16)15-10-11-7-6-8-12(11)14/h11-12H,2-10,14H2,1H3,(H,15,16). The molecule has 3 heteroatoms. The first-order valence-electron chi connectivity index (χ1n) is 6.76.